The lowest BCUT2D eigenvalue weighted by atomic mass is 10.1. The molecule has 0 atom stereocenters. The Morgan fingerprint density at radius 3 is 2.59 bits per heavy atom. The maximum Gasteiger partial charge on any atom is 0.259 e. The molecule has 0 radical (unpaired) electrons. The van der Waals surface area contributed by atoms with Crippen molar-refractivity contribution in [2.45, 2.75) is 4.90 Å². The Labute approximate surface area is 168 Å². The maximum absolute atomic E-state index is 12.8. The summed E-state index contributed by atoms with van der Waals surface area (Å²) in [5, 5.41) is 5.26. The predicted octanol–water partition coefficient (Wildman–Crippen LogP) is 1.08. The normalized spacial score (nSPS) is 14.8. The monoisotopic (exact) mass is 419 g/mol. The van der Waals surface area contributed by atoms with E-state index in [1.54, 1.807) is 24.3 Å². The molecule has 29 heavy (non-hydrogen) atoms. The van der Waals surface area contributed by atoms with Crippen molar-refractivity contribution in [2.24, 2.45) is 0 Å². The third-order valence-corrected chi connectivity index (χ3v) is 6.22. The smallest absolute Gasteiger partial charge is 0.259 e. The van der Waals surface area contributed by atoms with E-state index in [0.717, 1.165) is 4.31 Å². The molecule has 0 aromatic heterocycles. The largest absolute Gasteiger partial charge is 0.493 e. The van der Waals surface area contributed by atoms with Crippen LogP contribution in [0.25, 0.3) is 0 Å². The Morgan fingerprint density at radius 1 is 1.14 bits per heavy atom. The second-order valence-corrected chi connectivity index (χ2v) is 8.15. The lowest BCUT2D eigenvalue weighted by molar-refractivity contribution is -0.122. The van der Waals surface area contributed by atoms with Gasteiger partial charge in [0, 0.05) is 18.8 Å². The summed E-state index contributed by atoms with van der Waals surface area (Å²) in [4.78, 5) is 24.2. The van der Waals surface area contributed by atoms with Gasteiger partial charge in [-0.15, -0.1) is 0 Å². The van der Waals surface area contributed by atoms with Gasteiger partial charge >= 0.3 is 0 Å². The molecule has 3 rings (SSSR count). The first-order chi connectivity index (χ1) is 13.9. The van der Waals surface area contributed by atoms with Gasteiger partial charge in [0.2, 0.25) is 15.9 Å². The Hall–Kier alpha value is -3.11. The molecule has 154 valence electrons. The van der Waals surface area contributed by atoms with Crippen molar-refractivity contribution in [3.05, 3.63) is 48.0 Å². The Morgan fingerprint density at radius 2 is 1.90 bits per heavy atom. The average Bonchev–Trinajstić information content (AvgIpc) is 2.73. The van der Waals surface area contributed by atoms with Crippen LogP contribution in [0.4, 0.5) is 5.69 Å². The van der Waals surface area contributed by atoms with Gasteiger partial charge in [0.1, 0.15) is 0 Å². The van der Waals surface area contributed by atoms with Crippen LogP contribution in [0, 0.1) is 0 Å². The van der Waals surface area contributed by atoms with Gasteiger partial charge in [-0.2, -0.15) is 4.31 Å². The van der Waals surface area contributed by atoms with E-state index in [1.165, 1.54) is 32.4 Å². The first kappa shape index (κ1) is 20.6. The Balaban J connectivity index is 1.85. The van der Waals surface area contributed by atoms with Crippen LogP contribution < -0.4 is 20.1 Å². The summed E-state index contributed by atoms with van der Waals surface area (Å²) in [7, 11) is -0.971. The zero-order valence-electron chi connectivity index (χ0n) is 16.0. The van der Waals surface area contributed by atoms with Gasteiger partial charge in [0.25, 0.3) is 5.91 Å². The minimum atomic E-state index is -3.86. The summed E-state index contributed by atoms with van der Waals surface area (Å²) < 4.78 is 37.2. The van der Waals surface area contributed by atoms with Crippen molar-refractivity contribution >= 4 is 27.5 Å². The van der Waals surface area contributed by atoms with Gasteiger partial charge in [-0.05, 0) is 30.3 Å². The molecule has 2 N–H and O–H groups in total. The number of rotatable bonds is 6. The van der Waals surface area contributed by atoms with Gasteiger partial charge in [0.15, 0.2) is 11.5 Å². The molecule has 1 aliphatic heterocycles. The molecular formula is C19H21N3O6S. The van der Waals surface area contributed by atoms with Crippen molar-refractivity contribution < 1.29 is 27.5 Å². The van der Waals surface area contributed by atoms with E-state index in [-0.39, 0.29) is 41.7 Å². The van der Waals surface area contributed by atoms with Crippen LogP contribution in [0.3, 0.4) is 0 Å². The van der Waals surface area contributed by atoms with E-state index < -0.39 is 15.9 Å². The van der Waals surface area contributed by atoms with Crippen LogP contribution in [-0.2, 0) is 14.8 Å². The SMILES string of the molecule is COc1cccc(C(=O)Nc2cccc(S(=O)(=O)N3CCNC(=O)C3)c2)c1OC. The standard InChI is InChI=1S/C19H21N3O6S/c1-27-16-8-4-7-15(18(16)28-2)19(24)21-13-5-3-6-14(11-13)29(25,26)22-10-9-20-17(23)12-22/h3-8,11H,9-10,12H2,1-2H3,(H,20,23)(H,21,24). The lowest BCUT2D eigenvalue weighted by Crippen LogP contribution is -2.49. The van der Waals surface area contributed by atoms with Crippen molar-refractivity contribution in [3.8, 4) is 11.5 Å². The highest BCUT2D eigenvalue weighted by molar-refractivity contribution is 7.89. The summed E-state index contributed by atoms with van der Waals surface area (Å²) >= 11 is 0. The molecule has 0 spiro atoms. The summed E-state index contributed by atoms with van der Waals surface area (Å²) in [6, 6.07) is 10.8. The average molecular weight is 419 g/mol. The molecule has 1 saturated heterocycles. The summed E-state index contributed by atoms with van der Waals surface area (Å²) in [6.45, 7) is 0.204. The maximum atomic E-state index is 12.8. The molecule has 2 aromatic rings. The number of ether oxygens (including phenoxy) is 2. The van der Waals surface area contributed by atoms with Crippen molar-refractivity contribution in [1.29, 1.82) is 0 Å². The second kappa shape index (κ2) is 8.50. The molecule has 1 heterocycles. The highest BCUT2D eigenvalue weighted by atomic mass is 32.2. The number of sulfonamides is 1. The molecule has 10 heteroatoms. The minimum absolute atomic E-state index is 0.0115. The number of hydrogen-bond acceptors (Lipinski definition) is 6. The number of nitrogens with zero attached hydrogens (tertiary/aromatic N) is 1. The number of hydrogen-bond donors (Lipinski definition) is 2. The zero-order chi connectivity index (χ0) is 21.0. The van der Waals surface area contributed by atoms with E-state index in [9.17, 15) is 18.0 Å². The van der Waals surface area contributed by atoms with E-state index in [2.05, 4.69) is 10.6 Å². The van der Waals surface area contributed by atoms with Crippen LogP contribution in [0.2, 0.25) is 0 Å². The number of carbonyl (C=O) groups excluding carboxylic acids is 2. The molecule has 1 aliphatic rings. The lowest BCUT2D eigenvalue weighted by Gasteiger charge is -2.26. The highest BCUT2D eigenvalue weighted by Crippen LogP contribution is 2.31. The molecule has 9 nitrogen and oxygen atoms in total. The van der Waals surface area contributed by atoms with Crippen LogP contribution in [0.5, 0.6) is 11.5 Å². The van der Waals surface area contributed by atoms with Gasteiger partial charge < -0.3 is 20.1 Å². The Kier molecular flexibility index (Phi) is 6.04. The number of piperazine rings is 1. The summed E-state index contributed by atoms with van der Waals surface area (Å²) in [5.74, 6) is -0.155. The van der Waals surface area contributed by atoms with Crippen LogP contribution in [-0.4, -0.2) is 58.4 Å². The molecule has 2 amide bonds. The van der Waals surface area contributed by atoms with Gasteiger partial charge in [0.05, 0.1) is 31.2 Å². The first-order valence-electron chi connectivity index (χ1n) is 8.76. The number of benzene rings is 2. The van der Waals surface area contributed by atoms with Crippen molar-refractivity contribution in [3.63, 3.8) is 0 Å². The summed E-state index contributed by atoms with van der Waals surface area (Å²) in [6.07, 6.45) is 0. The van der Waals surface area contributed by atoms with Gasteiger partial charge in [-0.1, -0.05) is 12.1 Å². The molecule has 2 aromatic carbocycles. The first-order valence-corrected chi connectivity index (χ1v) is 10.2. The number of amides is 2. The molecule has 0 bridgehead atoms. The topological polar surface area (TPSA) is 114 Å². The Bertz CT molecular complexity index is 1040. The number of methoxy groups -OCH3 is 2. The summed E-state index contributed by atoms with van der Waals surface area (Å²) in [5.41, 5.74) is 0.537. The van der Waals surface area contributed by atoms with E-state index >= 15 is 0 Å². The van der Waals surface area contributed by atoms with Crippen LogP contribution in [0.15, 0.2) is 47.4 Å². The number of para-hydroxylation sites is 1. The number of anilines is 1. The molecule has 1 fully saturated rings. The number of carbonyl (C=O) groups is 2. The van der Waals surface area contributed by atoms with Crippen molar-refractivity contribution in [2.75, 3.05) is 39.2 Å². The van der Waals surface area contributed by atoms with E-state index in [1.807, 2.05) is 0 Å². The zero-order valence-corrected chi connectivity index (χ0v) is 16.8. The predicted molar refractivity (Wildman–Crippen MR) is 106 cm³/mol. The van der Waals surface area contributed by atoms with Gasteiger partial charge in [-0.3, -0.25) is 9.59 Å². The molecule has 0 saturated carbocycles. The van der Waals surface area contributed by atoms with Crippen LogP contribution in [0.1, 0.15) is 10.4 Å². The fourth-order valence-electron chi connectivity index (χ4n) is 2.97. The van der Waals surface area contributed by atoms with E-state index in [4.69, 9.17) is 9.47 Å². The highest BCUT2D eigenvalue weighted by Gasteiger charge is 2.29. The molecular weight excluding hydrogens is 398 g/mol. The third kappa shape index (κ3) is 4.33. The number of nitrogens with one attached hydrogen (secondary N) is 2. The van der Waals surface area contributed by atoms with Crippen LogP contribution >= 0.6 is 0 Å². The molecule has 0 unspecified atom stereocenters. The quantitative estimate of drug-likeness (QED) is 0.724. The fourth-order valence-corrected chi connectivity index (χ4v) is 4.41. The second-order valence-electron chi connectivity index (χ2n) is 6.21. The third-order valence-electron chi connectivity index (χ3n) is 4.38. The van der Waals surface area contributed by atoms with Gasteiger partial charge in [-0.25, -0.2) is 8.42 Å². The minimum Gasteiger partial charge on any atom is -0.493 e. The van der Waals surface area contributed by atoms with Crippen molar-refractivity contribution in [1.82, 2.24) is 9.62 Å². The fraction of sp³-hybridized carbons (Fsp3) is 0.263. The molecule has 0 aliphatic carbocycles. The van der Waals surface area contributed by atoms with E-state index in [0.29, 0.717) is 11.4 Å².